The van der Waals surface area contributed by atoms with Gasteiger partial charge in [-0.25, -0.2) is 0 Å². The van der Waals surface area contributed by atoms with E-state index in [1.807, 2.05) is 50.2 Å². The van der Waals surface area contributed by atoms with Crippen molar-refractivity contribution in [3.63, 3.8) is 0 Å². The predicted octanol–water partition coefficient (Wildman–Crippen LogP) is 4.56. The number of nitrogens with zero attached hydrogens (tertiary/aromatic N) is 3. The number of aryl methyl sites for hydroxylation is 1. The van der Waals surface area contributed by atoms with E-state index in [1.54, 1.807) is 4.90 Å². The number of likely N-dealkylation sites (N-methyl/N-ethyl adjacent to an activating group) is 1. The van der Waals surface area contributed by atoms with Crippen molar-refractivity contribution in [3.8, 4) is 0 Å². The van der Waals surface area contributed by atoms with E-state index < -0.39 is 22.4 Å². The fourth-order valence-electron chi connectivity index (χ4n) is 4.22. The summed E-state index contributed by atoms with van der Waals surface area (Å²) in [5, 5.41) is 14.4. The molecule has 34 heavy (non-hydrogen) atoms. The molecule has 2 aromatic rings. The number of rotatable bonds is 7. The molecule has 2 aromatic carbocycles. The molecule has 1 fully saturated rings. The van der Waals surface area contributed by atoms with Gasteiger partial charge in [0.15, 0.2) is 0 Å². The van der Waals surface area contributed by atoms with Gasteiger partial charge in [-0.05, 0) is 51.6 Å². The molecule has 10 heteroatoms. The summed E-state index contributed by atoms with van der Waals surface area (Å²) >= 11 is 0. The Labute approximate surface area is 196 Å². The Bertz CT molecular complexity index is 1020. The van der Waals surface area contributed by atoms with Crippen LogP contribution in [0.15, 0.2) is 42.5 Å². The minimum atomic E-state index is -4.66. The lowest BCUT2D eigenvalue weighted by Gasteiger charge is -2.33. The van der Waals surface area contributed by atoms with E-state index in [1.165, 1.54) is 0 Å². The first kappa shape index (κ1) is 25.5. The maximum atomic E-state index is 13.0. The second-order valence-electron chi connectivity index (χ2n) is 8.85. The van der Waals surface area contributed by atoms with Crippen LogP contribution >= 0.6 is 0 Å². The van der Waals surface area contributed by atoms with Gasteiger partial charge in [-0.3, -0.25) is 14.9 Å². The van der Waals surface area contributed by atoms with Crippen molar-refractivity contribution in [1.29, 1.82) is 0 Å². The Morgan fingerprint density at radius 3 is 2.32 bits per heavy atom. The smallest absolute Gasteiger partial charge is 0.366 e. The van der Waals surface area contributed by atoms with E-state index in [0.29, 0.717) is 38.5 Å². The van der Waals surface area contributed by atoms with E-state index >= 15 is 0 Å². The lowest BCUT2D eigenvalue weighted by atomic mass is 9.95. The van der Waals surface area contributed by atoms with E-state index in [2.05, 4.69) is 5.32 Å². The lowest BCUT2D eigenvalue weighted by Crippen LogP contribution is -2.43. The molecule has 0 aliphatic carbocycles. The molecule has 7 nitrogen and oxygen atoms in total. The monoisotopic (exact) mass is 478 g/mol. The molecule has 0 bridgehead atoms. The van der Waals surface area contributed by atoms with Gasteiger partial charge in [0.25, 0.3) is 5.69 Å². The highest BCUT2D eigenvalue weighted by Crippen LogP contribution is 2.37. The highest BCUT2D eigenvalue weighted by Gasteiger charge is 2.35. The molecule has 184 valence electrons. The van der Waals surface area contributed by atoms with E-state index in [9.17, 15) is 28.1 Å². The van der Waals surface area contributed by atoms with Gasteiger partial charge in [0.1, 0.15) is 5.69 Å². The maximum Gasteiger partial charge on any atom is 0.416 e. The third kappa shape index (κ3) is 6.05. The van der Waals surface area contributed by atoms with Crippen molar-refractivity contribution in [2.45, 2.75) is 32.0 Å². The van der Waals surface area contributed by atoms with Crippen molar-refractivity contribution >= 4 is 17.3 Å². The fourth-order valence-corrected chi connectivity index (χ4v) is 4.22. The van der Waals surface area contributed by atoms with E-state index in [0.717, 1.165) is 23.3 Å². The molecule has 1 atom stereocenters. The summed E-state index contributed by atoms with van der Waals surface area (Å²) in [6.45, 7) is 3.15. The fraction of sp³-hybridized carbons (Fsp3) is 0.458. The van der Waals surface area contributed by atoms with Crippen molar-refractivity contribution < 1.29 is 22.9 Å². The quantitative estimate of drug-likeness (QED) is 0.466. The van der Waals surface area contributed by atoms with Gasteiger partial charge >= 0.3 is 6.18 Å². The summed E-state index contributed by atoms with van der Waals surface area (Å²) in [6.07, 6.45) is -3.74. The summed E-state index contributed by atoms with van der Waals surface area (Å²) in [7, 11) is 3.90. The van der Waals surface area contributed by atoms with Crippen LogP contribution in [-0.2, 0) is 11.0 Å². The molecule has 1 unspecified atom stereocenters. The van der Waals surface area contributed by atoms with Gasteiger partial charge in [0.05, 0.1) is 16.5 Å². The number of amides is 1. The first-order valence-electron chi connectivity index (χ1n) is 11.1. The Hall–Kier alpha value is -3.14. The average Bonchev–Trinajstić information content (AvgIpc) is 2.79. The summed E-state index contributed by atoms with van der Waals surface area (Å²) in [5.74, 6) is -0.342. The lowest BCUT2D eigenvalue weighted by molar-refractivity contribution is -0.384. The Morgan fingerprint density at radius 2 is 1.79 bits per heavy atom. The number of hydrogen-bond acceptors (Lipinski definition) is 5. The zero-order valence-corrected chi connectivity index (χ0v) is 19.4. The number of nitrogens with one attached hydrogen (secondary N) is 1. The van der Waals surface area contributed by atoms with Crippen LogP contribution in [0, 0.1) is 23.0 Å². The van der Waals surface area contributed by atoms with E-state index in [4.69, 9.17) is 0 Å². The third-order valence-electron chi connectivity index (χ3n) is 6.26. The van der Waals surface area contributed by atoms with Gasteiger partial charge in [0, 0.05) is 31.6 Å². The molecule has 1 aliphatic rings. The minimum Gasteiger partial charge on any atom is -0.366 e. The molecule has 3 rings (SSSR count). The maximum absolute atomic E-state index is 13.0. The second kappa shape index (κ2) is 10.4. The van der Waals surface area contributed by atoms with Crippen LogP contribution in [0.3, 0.4) is 0 Å². The summed E-state index contributed by atoms with van der Waals surface area (Å²) < 4.78 is 38.9. The van der Waals surface area contributed by atoms with Gasteiger partial charge < -0.3 is 15.1 Å². The van der Waals surface area contributed by atoms with Crippen LogP contribution in [0.4, 0.5) is 24.5 Å². The molecule has 1 N–H and O–H groups in total. The number of anilines is 1. The van der Waals surface area contributed by atoms with Crippen LogP contribution in [0.5, 0.6) is 0 Å². The van der Waals surface area contributed by atoms with Crippen LogP contribution in [0.1, 0.15) is 35.6 Å². The first-order chi connectivity index (χ1) is 16.0. The summed E-state index contributed by atoms with van der Waals surface area (Å²) in [5.41, 5.74) is 0.764. The molecule has 1 heterocycles. The van der Waals surface area contributed by atoms with Crippen LogP contribution in [0.2, 0.25) is 0 Å². The van der Waals surface area contributed by atoms with Crippen molar-refractivity contribution in [1.82, 2.24) is 10.2 Å². The second-order valence-corrected chi connectivity index (χ2v) is 8.85. The minimum absolute atomic E-state index is 0.0134. The number of halogens is 3. The summed E-state index contributed by atoms with van der Waals surface area (Å²) in [6, 6.07) is 10.7. The number of piperidine rings is 1. The molecule has 1 saturated heterocycles. The van der Waals surface area contributed by atoms with Crippen molar-refractivity contribution in [2.75, 3.05) is 38.6 Å². The molecular weight excluding hydrogens is 449 g/mol. The number of alkyl halides is 3. The largest absolute Gasteiger partial charge is 0.416 e. The Kier molecular flexibility index (Phi) is 7.81. The van der Waals surface area contributed by atoms with Gasteiger partial charge in [0.2, 0.25) is 5.91 Å². The number of carbonyl (C=O) groups is 1. The molecule has 0 spiro atoms. The molecule has 0 radical (unpaired) electrons. The third-order valence-corrected chi connectivity index (χ3v) is 6.26. The number of nitro groups is 1. The number of nitro benzene ring substituents is 1. The molecule has 0 aromatic heterocycles. The summed E-state index contributed by atoms with van der Waals surface area (Å²) in [4.78, 5) is 27.1. The molecule has 1 amide bonds. The molecule has 1 aliphatic heterocycles. The topological polar surface area (TPSA) is 78.7 Å². The van der Waals surface area contributed by atoms with Crippen LogP contribution in [0.25, 0.3) is 0 Å². The zero-order valence-electron chi connectivity index (χ0n) is 19.4. The van der Waals surface area contributed by atoms with Gasteiger partial charge in [-0.1, -0.05) is 29.8 Å². The normalized spacial score (nSPS) is 15.9. The highest BCUT2D eigenvalue weighted by atomic mass is 19.4. The predicted molar refractivity (Wildman–Crippen MR) is 124 cm³/mol. The number of benzene rings is 2. The van der Waals surface area contributed by atoms with E-state index in [-0.39, 0.29) is 23.6 Å². The Balaban J connectivity index is 1.61. The molecular formula is C24H29F3N4O3. The van der Waals surface area contributed by atoms with Gasteiger partial charge in [-0.2, -0.15) is 13.2 Å². The highest BCUT2D eigenvalue weighted by molar-refractivity contribution is 5.79. The van der Waals surface area contributed by atoms with Crippen molar-refractivity contribution in [2.24, 2.45) is 5.92 Å². The zero-order chi connectivity index (χ0) is 25.0. The van der Waals surface area contributed by atoms with Crippen LogP contribution < -0.4 is 10.2 Å². The SMILES string of the molecule is Cc1ccc(C(CNC(=O)C2CCN(c3ccc(C(F)(F)F)cc3[N+](=O)[O-])CC2)N(C)C)cc1. The number of carbonyl (C=O) groups excluding carboxylic acids is 1. The first-order valence-corrected chi connectivity index (χ1v) is 11.1. The van der Waals surface area contributed by atoms with Crippen LogP contribution in [-0.4, -0.2) is 49.5 Å². The average molecular weight is 479 g/mol. The van der Waals surface area contributed by atoms with Crippen molar-refractivity contribution in [3.05, 3.63) is 69.3 Å². The Morgan fingerprint density at radius 1 is 1.18 bits per heavy atom. The van der Waals surface area contributed by atoms with Gasteiger partial charge in [-0.15, -0.1) is 0 Å². The number of hydrogen-bond donors (Lipinski definition) is 1. The standard InChI is InChI=1S/C24H29F3N4O3/c1-16-4-6-17(7-5-16)22(29(2)3)15-28-23(32)18-10-12-30(13-11-18)20-9-8-19(24(25,26)27)14-21(20)31(33)34/h4-9,14,18,22H,10-13,15H2,1-3H3,(H,28,32). The molecule has 0 saturated carbocycles.